The van der Waals surface area contributed by atoms with Crippen LogP contribution < -0.4 is 16.0 Å². The molecule has 21 heavy (non-hydrogen) atoms. The average Bonchev–Trinajstić information content (AvgIpc) is 3.24. The number of aliphatic imine (C=N–C) groups is 1. The Morgan fingerprint density at radius 1 is 1.24 bits per heavy atom. The molecular weight excluding hydrogens is 383 g/mol. The Morgan fingerprint density at radius 2 is 1.90 bits per heavy atom. The van der Waals surface area contributed by atoms with Crippen LogP contribution in [0, 0.1) is 0 Å². The summed E-state index contributed by atoms with van der Waals surface area (Å²) in [5, 5.41) is 9.40. The van der Waals surface area contributed by atoms with Crippen molar-refractivity contribution < 1.29 is 9.53 Å². The summed E-state index contributed by atoms with van der Waals surface area (Å²) in [6, 6.07) is 0.454. The minimum Gasteiger partial charge on any atom is -0.382 e. The lowest BCUT2D eigenvalue weighted by Crippen LogP contribution is -2.38. The summed E-state index contributed by atoms with van der Waals surface area (Å²) >= 11 is 0. The fourth-order valence-corrected chi connectivity index (χ4v) is 1.73. The standard InChI is InChI=1S/C14H28N4O2.HI/c1-3-20-11-5-10-17-14(15-2)16-9-4-6-13(19)18-12-7-8-12;/h12H,3-11H2,1-2H3,(H,18,19)(H2,15,16,17);1H. The molecule has 0 aliphatic heterocycles. The van der Waals surface area contributed by atoms with Crippen molar-refractivity contribution in [1.29, 1.82) is 0 Å². The Morgan fingerprint density at radius 3 is 2.48 bits per heavy atom. The second-order valence-corrected chi connectivity index (χ2v) is 4.92. The quantitative estimate of drug-likeness (QED) is 0.219. The van der Waals surface area contributed by atoms with E-state index < -0.39 is 0 Å². The molecule has 1 saturated carbocycles. The second kappa shape index (κ2) is 13.1. The van der Waals surface area contributed by atoms with Crippen LogP contribution >= 0.6 is 24.0 Å². The maximum atomic E-state index is 11.5. The van der Waals surface area contributed by atoms with E-state index in [0.717, 1.165) is 57.9 Å². The lowest BCUT2D eigenvalue weighted by Gasteiger charge is -2.11. The molecule has 0 heterocycles. The molecule has 0 spiro atoms. The number of carbonyl (C=O) groups excluding carboxylic acids is 1. The number of guanidine groups is 1. The number of carbonyl (C=O) groups is 1. The van der Waals surface area contributed by atoms with Crippen LogP contribution in [-0.4, -0.2) is 51.3 Å². The topological polar surface area (TPSA) is 74.8 Å². The van der Waals surface area contributed by atoms with Gasteiger partial charge < -0.3 is 20.7 Å². The third kappa shape index (κ3) is 11.7. The normalized spacial score (nSPS) is 14.3. The number of hydrogen-bond acceptors (Lipinski definition) is 3. The van der Waals surface area contributed by atoms with Gasteiger partial charge in [-0.1, -0.05) is 0 Å². The molecule has 3 N–H and O–H groups in total. The number of amides is 1. The molecule has 1 fully saturated rings. The molecule has 0 aromatic rings. The van der Waals surface area contributed by atoms with Crippen LogP contribution in [0.3, 0.4) is 0 Å². The smallest absolute Gasteiger partial charge is 0.220 e. The Hall–Kier alpha value is -0.570. The molecule has 0 bridgehead atoms. The minimum atomic E-state index is 0. The van der Waals surface area contributed by atoms with Gasteiger partial charge in [0, 0.05) is 45.8 Å². The van der Waals surface area contributed by atoms with Gasteiger partial charge in [0.1, 0.15) is 0 Å². The molecule has 124 valence electrons. The molecule has 0 aromatic carbocycles. The van der Waals surface area contributed by atoms with Gasteiger partial charge in [0.25, 0.3) is 0 Å². The molecule has 7 heteroatoms. The highest BCUT2D eigenvalue weighted by atomic mass is 127. The SMILES string of the molecule is CCOCCCNC(=NC)NCCCC(=O)NC1CC1.I. The second-order valence-electron chi connectivity index (χ2n) is 4.92. The Kier molecular flexibility index (Phi) is 12.8. The molecule has 0 aromatic heterocycles. The van der Waals surface area contributed by atoms with Gasteiger partial charge >= 0.3 is 0 Å². The predicted molar refractivity (Wildman–Crippen MR) is 96.3 cm³/mol. The monoisotopic (exact) mass is 412 g/mol. The lowest BCUT2D eigenvalue weighted by molar-refractivity contribution is -0.121. The summed E-state index contributed by atoms with van der Waals surface area (Å²) in [6.45, 7) is 5.11. The number of nitrogens with one attached hydrogen (secondary N) is 3. The van der Waals surface area contributed by atoms with Crippen molar-refractivity contribution in [3.05, 3.63) is 0 Å². The highest BCUT2D eigenvalue weighted by Crippen LogP contribution is 2.18. The molecule has 0 radical (unpaired) electrons. The van der Waals surface area contributed by atoms with E-state index in [0.29, 0.717) is 12.5 Å². The summed E-state index contributed by atoms with van der Waals surface area (Å²) in [4.78, 5) is 15.6. The van der Waals surface area contributed by atoms with Gasteiger partial charge in [-0.25, -0.2) is 0 Å². The van der Waals surface area contributed by atoms with Crippen molar-refractivity contribution in [3.63, 3.8) is 0 Å². The fourth-order valence-electron chi connectivity index (χ4n) is 1.73. The third-order valence-electron chi connectivity index (χ3n) is 3.00. The zero-order valence-electron chi connectivity index (χ0n) is 13.1. The van der Waals surface area contributed by atoms with E-state index in [4.69, 9.17) is 4.74 Å². The van der Waals surface area contributed by atoms with Crippen LogP contribution in [0.2, 0.25) is 0 Å². The van der Waals surface area contributed by atoms with Crippen LogP contribution in [0.25, 0.3) is 0 Å². The molecule has 1 amide bonds. The number of ether oxygens (including phenoxy) is 1. The van der Waals surface area contributed by atoms with E-state index in [1.54, 1.807) is 7.05 Å². The van der Waals surface area contributed by atoms with Gasteiger partial charge in [-0.05, 0) is 32.6 Å². The summed E-state index contributed by atoms with van der Waals surface area (Å²) in [7, 11) is 1.75. The molecule has 0 atom stereocenters. The van der Waals surface area contributed by atoms with Crippen LogP contribution in [0.5, 0.6) is 0 Å². The number of nitrogens with zero attached hydrogens (tertiary/aromatic N) is 1. The van der Waals surface area contributed by atoms with Crippen molar-refractivity contribution in [2.24, 2.45) is 4.99 Å². The van der Waals surface area contributed by atoms with Crippen LogP contribution in [0.4, 0.5) is 0 Å². The highest BCUT2D eigenvalue weighted by Gasteiger charge is 2.22. The van der Waals surface area contributed by atoms with E-state index in [1.165, 1.54) is 0 Å². The first-order chi connectivity index (χ1) is 9.76. The highest BCUT2D eigenvalue weighted by molar-refractivity contribution is 14.0. The van der Waals surface area contributed by atoms with Gasteiger partial charge in [0.2, 0.25) is 5.91 Å². The van der Waals surface area contributed by atoms with Crippen LogP contribution in [0.1, 0.15) is 39.0 Å². The van der Waals surface area contributed by atoms with E-state index in [2.05, 4.69) is 20.9 Å². The molecule has 0 unspecified atom stereocenters. The van der Waals surface area contributed by atoms with Gasteiger partial charge in [0.15, 0.2) is 5.96 Å². The van der Waals surface area contributed by atoms with Crippen molar-refractivity contribution in [2.45, 2.75) is 45.1 Å². The lowest BCUT2D eigenvalue weighted by atomic mass is 10.3. The molecule has 1 rings (SSSR count). The first kappa shape index (κ1) is 20.4. The zero-order valence-corrected chi connectivity index (χ0v) is 15.4. The van der Waals surface area contributed by atoms with Crippen LogP contribution in [-0.2, 0) is 9.53 Å². The first-order valence-electron chi connectivity index (χ1n) is 7.58. The predicted octanol–water partition coefficient (Wildman–Crippen LogP) is 1.25. The first-order valence-corrected chi connectivity index (χ1v) is 7.58. The fraction of sp³-hybridized carbons (Fsp3) is 0.857. The number of halogens is 1. The maximum absolute atomic E-state index is 11.5. The van der Waals surface area contributed by atoms with Crippen molar-refractivity contribution in [2.75, 3.05) is 33.4 Å². The molecule has 1 aliphatic carbocycles. The molecule has 1 aliphatic rings. The number of rotatable bonds is 10. The van der Waals surface area contributed by atoms with Crippen molar-refractivity contribution in [3.8, 4) is 0 Å². The average molecular weight is 412 g/mol. The van der Waals surface area contributed by atoms with E-state index in [9.17, 15) is 4.79 Å². The van der Waals surface area contributed by atoms with Gasteiger partial charge in [-0.2, -0.15) is 0 Å². The Labute approximate surface area is 144 Å². The van der Waals surface area contributed by atoms with Crippen molar-refractivity contribution in [1.82, 2.24) is 16.0 Å². The molecular formula is C14H29IN4O2. The zero-order chi connectivity index (χ0) is 14.6. The summed E-state index contributed by atoms with van der Waals surface area (Å²) in [6.07, 6.45) is 4.63. The van der Waals surface area contributed by atoms with E-state index in [-0.39, 0.29) is 29.9 Å². The Bertz CT molecular complexity index is 309. The largest absolute Gasteiger partial charge is 0.382 e. The van der Waals surface area contributed by atoms with Gasteiger partial charge in [0.05, 0.1) is 0 Å². The number of hydrogen-bond donors (Lipinski definition) is 3. The molecule has 6 nitrogen and oxygen atoms in total. The molecule has 0 saturated heterocycles. The minimum absolute atomic E-state index is 0. The van der Waals surface area contributed by atoms with E-state index >= 15 is 0 Å². The maximum Gasteiger partial charge on any atom is 0.220 e. The Balaban J connectivity index is 0.00000400. The summed E-state index contributed by atoms with van der Waals surface area (Å²) < 4.78 is 5.27. The van der Waals surface area contributed by atoms with Crippen molar-refractivity contribution >= 4 is 35.8 Å². The van der Waals surface area contributed by atoms with Gasteiger partial charge in [-0.3, -0.25) is 9.79 Å². The van der Waals surface area contributed by atoms with E-state index in [1.807, 2.05) is 6.92 Å². The van der Waals surface area contributed by atoms with Gasteiger partial charge in [-0.15, -0.1) is 24.0 Å². The summed E-state index contributed by atoms with van der Waals surface area (Å²) in [5.41, 5.74) is 0. The summed E-state index contributed by atoms with van der Waals surface area (Å²) in [5.74, 6) is 0.943. The third-order valence-corrected chi connectivity index (χ3v) is 3.00. The van der Waals surface area contributed by atoms with Crippen LogP contribution in [0.15, 0.2) is 4.99 Å².